The van der Waals surface area contributed by atoms with Crippen LogP contribution in [0.3, 0.4) is 0 Å². The number of aromatic nitrogens is 2. The summed E-state index contributed by atoms with van der Waals surface area (Å²) in [6.45, 7) is 0. The number of rotatable bonds is 2. The molecular formula is C7H3F5N2O. The smallest absolute Gasteiger partial charge is 0.288 e. The van der Waals surface area contributed by atoms with E-state index in [1.54, 1.807) is 0 Å². The molecule has 82 valence electrons. The molecule has 0 aromatic carbocycles. The number of carbonyl (C=O) groups excluding carboxylic acids is 1. The lowest BCUT2D eigenvalue weighted by molar-refractivity contribution is -0.141. The van der Waals surface area contributed by atoms with Gasteiger partial charge in [0.15, 0.2) is 5.69 Å². The lowest BCUT2D eigenvalue weighted by atomic mass is 10.1. The quantitative estimate of drug-likeness (QED) is 0.571. The van der Waals surface area contributed by atoms with Crippen molar-refractivity contribution in [1.82, 2.24) is 9.97 Å². The van der Waals surface area contributed by atoms with E-state index in [4.69, 9.17) is 0 Å². The molecule has 0 atom stereocenters. The van der Waals surface area contributed by atoms with Crippen LogP contribution in [-0.2, 0) is 6.18 Å². The summed E-state index contributed by atoms with van der Waals surface area (Å²) >= 11 is 0. The number of hydrogen-bond acceptors (Lipinski definition) is 3. The highest BCUT2D eigenvalue weighted by Crippen LogP contribution is 2.30. The van der Waals surface area contributed by atoms with Gasteiger partial charge in [0.2, 0.25) is 5.78 Å². The first-order chi connectivity index (χ1) is 6.84. The average Bonchev–Trinajstić information content (AvgIpc) is 2.15. The molecule has 0 bridgehead atoms. The van der Waals surface area contributed by atoms with E-state index < -0.39 is 29.6 Å². The van der Waals surface area contributed by atoms with Crippen LogP contribution in [0.2, 0.25) is 0 Å². The van der Waals surface area contributed by atoms with Crippen LogP contribution in [0.15, 0.2) is 12.5 Å². The van der Waals surface area contributed by atoms with Crippen molar-refractivity contribution in [2.24, 2.45) is 0 Å². The van der Waals surface area contributed by atoms with Gasteiger partial charge in [0.25, 0.3) is 0 Å². The molecule has 0 aliphatic carbocycles. The summed E-state index contributed by atoms with van der Waals surface area (Å²) < 4.78 is 60.4. The zero-order chi connectivity index (χ0) is 11.6. The van der Waals surface area contributed by atoms with Gasteiger partial charge >= 0.3 is 12.6 Å². The number of hydrogen-bond donors (Lipinski definition) is 0. The van der Waals surface area contributed by atoms with Gasteiger partial charge in [-0.2, -0.15) is 13.2 Å². The third kappa shape index (κ3) is 2.45. The number of nitrogens with zero attached hydrogens (tertiary/aromatic N) is 2. The third-order valence-electron chi connectivity index (χ3n) is 1.44. The lowest BCUT2D eigenvalue weighted by Gasteiger charge is -2.08. The van der Waals surface area contributed by atoms with Gasteiger partial charge in [-0.05, 0) is 0 Å². The number of carbonyl (C=O) groups is 1. The second kappa shape index (κ2) is 3.87. The molecule has 3 nitrogen and oxygen atoms in total. The van der Waals surface area contributed by atoms with Crippen molar-refractivity contribution in [1.29, 1.82) is 0 Å². The number of alkyl halides is 5. The minimum atomic E-state index is -4.96. The van der Waals surface area contributed by atoms with Gasteiger partial charge in [0, 0.05) is 6.20 Å². The summed E-state index contributed by atoms with van der Waals surface area (Å²) in [6, 6.07) is 0. The molecule has 8 heteroatoms. The summed E-state index contributed by atoms with van der Waals surface area (Å²) in [5.41, 5.74) is -2.87. The number of halogens is 5. The van der Waals surface area contributed by atoms with Crippen molar-refractivity contribution in [3.63, 3.8) is 0 Å². The lowest BCUT2D eigenvalue weighted by Crippen LogP contribution is -2.19. The molecule has 1 aromatic heterocycles. The molecule has 0 unspecified atom stereocenters. The molecule has 1 aromatic rings. The van der Waals surface area contributed by atoms with Crippen LogP contribution in [0, 0.1) is 0 Å². The van der Waals surface area contributed by atoms with Crippen molar-refractivity contribution in [2.75, 3.05) is 0 Å². The summed E-state index contributed by atoms with van der Waals surface area (Å²) in [5, 5.41) is 0. The maximum absolute atomic E-state index is 12.2. The Hall–Kier alpha value is -1.60. The van der Waals surface area contributed by atoms with E-state index >= 15 is 0 Å². The van der Waals surface area contributed by atoms with Gasteiger partial charge in [-0.1, -0.05) is 0 Å². The Morgan fingerprint density at radius 2 is 1.93 bits per heavy atom. The maximum Gasteiger partial charge on any atom is 0.434 e. The summed E-state index contributed by atoms with van der Waals surface area (Å²) in [5.74, 6) is -1.94. The maximum atomic E-state index is 12.2. The van der Waals surface area contributed by atoms with Crippen LogP contribution < -0.4 is 0 Å². The number of Topliss-reactive ketones (excluding diaryl/α,β-unsaturated/α-hetero) is 1. The summed E-state index contributed by atoms with van der Waals surface area (Å²) in [4.78, 5) is 16.5. The van der Waals surface area contributed by atoms with Gasteiger partial charge in [-0.15, -0.1) is 0 Å². The summed E-state index contributed by atoms with van der Waals surface area (Å²) in [7, 11) is 0. The molecule has 0 fully saturated rings. The van der Waals surface area contributed by atoms with Crippen LogP contribution in [0.5, 0.6) is 0 Å². The van der Waals surface area contributed by atoms with E-state index in [1.807, 2.05) is 0 Å². The zero-order valence-corrected chi connectivity index (χ0v) is 6.92. The monoisotopic (exact) mass is 226 g/mol. The fraction of sp³-hybridized carbons (Fsp3) is 0.286. The average molecular weight is 226 g/mol. The van der Waals surface area contributed by atoms with Gasteiger partial charge in [0.1, 0.15) is 6.33 Å². The molecule has 0 saturated carbocycles. The van der Waals surface area contributed by atoms with Gasteiger partial charge in [-0.25, -0.2) is 18.7 Å². The highest BCUT2D eigenvalue weighted by atomic mass is 19.4. The molecule has 0 radical (unpaired) electrons. The Labute approximate surface area is 80.0 Å². The molecule has 0 saturated heterocycles. The van der Waals surface area contributed by atoms with Crippen LogP contribution in [0.25, 0.3) is 0 Å². The standard InChI is InChI=1S/C7H3F5N2O/c8-6(9)4(15)3-1-13-2-14-5(3)7(10,11)12/h1-2,6H. The Morgan fingerprint density at radius 1 is 1.33 bits per heavy atom. The van der Waals surface area contributed by atoms with Crippen molar-refractivity contribution >= 4 is 5.78 Å². The van der Waals surface area contributed by atoms with Crippen molar-refractivity contribution in [3.8, 4) is 0 Å². The Bertz CT molecular complexity index is 376. The van der Waals surface area contributed by atoms with Crippen molar-refractivity contribution in [3.05, 3.63) is 23.8 Å². The van der Waals surface area contributed by atoms with Crippen LogP contribution >= 0.6 is 0 Å². The molecule has 15 heavy (non-hydrogen) atoms. The van der Waals surface area contributed by atoms with Crippen molar-refractivity contribution in [2.45, 2.75) is 12.6 Å². The topological polar surface area (TPSA) is 42.9 Å². The zero-order valence-electron chi connectivity index (χ0n) is 6.92. The highest BCUT2D eigenvalue weighted by Gasteiger charge is 2.38. The predicted octanol–water partition coefficient (Wildman–Crippen LogP) is 1.94. The first-order valence-corrected chi connectivity index (χ1v) is 3.53. The molecule has 0 spiro atoms. The van der Waals surface area contributed by atoms with E-state index in [2.05, 4.69) is 9.97 Å². The predicted molar refractivity (Wildman–Crippen MR) is 37.4 cm³/mol. The van der Waals surface area contributed by atoms with Crippen LogP contribution in [-0.4, -0.2) is 22.2 Å². The first kappa shape index (κ1) is 11.5. The summed E-state index contributed by atoms with van der Waals surface area (Å²) in [6.07, 6.45) is -7.52. The highest BCUT2D eigenvalue weighted by molar-refractivity contribution is 5.99. The molecule has 0 N–H and O–H groups in total. The first-order valence-electron chi connectivity index (χ1n) is 3.53. The minimum absolute atomic E-state index is 0.421. The molecule has 1 heterocycles. The Balaban J connectivity index is 3.25. The molecule has 0 aliphatic heterocycles. The van der Waals surface area contributed by atoms with E-state index in [0.717, 1.165) is 0 Å². The Morgan fingerprint density at radius 3 is 2.40 bits per heavy atom. The van der Waals surface area contributed by atoms with E-state index in [0.29, 0.717) is 12.5 Å². The second-order valence-corrected chi connectivity index (χ2v) is 2.45. The molecular weight excluding hydrogens is 223 g/mol. The molecule has 1 rings (SSSR count). The third-order valence-corrected chi connectivity index (χ3v) is 1.44. The van der Waals surface area contributed by atoms with Gasteiger partial charge in [0.05, 0.1) is 5.56 Å². The fourth-order valence-electron chi connectivity index (χ4n) is 0.853. The molecule has 0 aliphatic rings. The van der Waals surface area contributed by atoms with E-state index in [1.165, 1.54) is 0 Å². The van der Waals surface area contributed by atoms with Crippen LogP contribution in [0.4, 0.5) is 22.0 Å². The second-order valence-electron chi connectivity index (χ2n) is 2.45. The Kier molecular flexibility index (Phi) is 2.96. The van der Waals surface area contributed by atoms with Gasteiger partial charge in [-0.3, -0.25) is 4.79 Å². The van der Waals surface area contributed by atoms with Crippen molar-refractivity contribution < 1.29 is 26.7 Å². The van der Waals surface area contributed by atoms with Gasteiger partial charge < -0.3 is 0 Å². The minimum Gasteiger partial charge on any atom is -0.288 e. The van der Waals surface area contributed by atoms with E-state index in [-0.39, 0.29) is 0 Å². The van der Waals surface area contributed by atoms with E-state index in [9.17, 15) is 26.7 Å². The largest absolute Gasteiger partial charge is 0.434 e. The van der Waals surface area contributed by atoms with Crippen LogP contribution in [0.1, 0.15) is 16.1 Å². The fourth-order valence-corrected chi connectivity index (χ4v) is 0.853. The SMILES string of the molecule is O=C(c1cncnc1C(F)(F)F)C(F)F. The molecule has 0 amide bonds. The normalized spacial score (nSPS) is 11.9. The number of ketones is 1.